The third kappa shape index (κ3) is 2.37. The van der Waals surface area contributed by atoms with E-state index in [1.54, 1.807) is 19.1 Å². The Hall–Kier alpha value is -2.36. The standard InChI is InChI=1S/C16H18N2O2/c1-4-12-10(3)18-16(20)14(17)13(12)15(19)11-7-5-6-9(2)8-11/h5-8H,4,17H2,1-3H3,(H,18,20). The number of benzene rings is 1. The Morgan fingerprint density at radius 3 is 2.60 bits per heavy atom. The van der Waals surface area contributed by atoms with E-state index in [2.05, 4.69) is 4.98 Å². The largest absolute Gasteiger partial charge is 0.394 e. The predicted molar refractivity (Wildman–Crippen MR) is 80.2 cm³/mol. The monoisotopic (exact) mass is 270 g/mol. The SMILES string of the molecule is CCc1c(C)[nH]c(=O)c(N)c1C(=O)c1cccc(C)c1. The van der Waals surface area contributed by atoms with Crippen LogP contribution >= 0.6 is 0 Å². The lowest BCUT2D eigenvalue weighted by Gasteiger charge is -2.12. The van der Waals surface area contributed by atoms with E-state index < -0.39 is 5.56 Å². The number of H-pyrrole nitrogens is 1. The number of aromatic amines is 1. The van der Waals surface area contributed by atoms with Gasteiger partial charge in [0.1, 0.15) is 5.69 Å². The first-order valence-electron chi connectivity index (χ1n) is 6.58. The van der Waals surface area contributed by atoms with E-state index in [4.69, 9.17) is 5.73 Å². The molecule has 0 aliphatic rings. The summed E-state index contributed by atoms with van der Waals surface area (Å²) < 4.78 is 0. The second kappa shape index (κ2) is 5.33. The molecule has 1 heterocycles. The van der Waals surface area contributed by atoms with Gasteiger partial charge in [-0.1, -0.05) is 30.7 Å². The molecule has 0 aliphatic carbocycles. The number of carbonyl (C=O) groups excluding carboxylic acids is 1. The summed E-state index contributed by atoms with van der Waals surface area (Å²) in [6.45, 7) is 5.64. The van der Waals surface area contributed by atoms with Crippen molar-refractivity contribution in [2.75, 3.05) is 5.73 Å². The zero-order valence-electron chi connectivity index (χ0n) is 11.9. The quantitative estimate of drug-likeness (QED) is 0.841. The summed E-state index contributed by atoms with van der Waals surface area (Å²) in [6, 6.07) is 7.29. The molecule has 3 N–H and O–H groups in total. The van der Waals surface area contributed by atoms with Crippen molar-refractivity contribution in [2.24, 2.45) is 0 Å². The third-order valence-electron chi connectivity index (χ3n) is 3.43. The first-order chi connectivity index (χ1) is 9.45. The van der Waals surface area contributed by atoms with Gasteiger partial charge in [0.2, 0.25) is 0 Å². The maximum atomic E-state index is 12.7. The first-order valence-corrected chi connectivity index (χ1v) is 6.58. The maximum Gasteiger partial charge on any atom is 0.272 e. The molecule has 0 atom stereocenters. The van der Waals surface area contributed by atoms with Gasteiger partial charge in [0.15, 0.2) is 5.78 Å². The van der Waals surface area contributed by atoms with Crippen LogP contribution < -0.4 is 11.3 Å². The molecule has 0 unspecified atom stereocenters. The molecule has 1 aromatic heterocycles. The number of nitrogens with one attached hydrogen (secondary N) is 1. The number of anilines is 1. The van der Waals surface area contributed by atoms with Gasteiger partial charge in [0, 0.05) is 11.3 Å². The Bertz CT molecular complexity index is 730. The van der Waals surface area contributed by atoms with Gasteiger partial charge in [0.05, 0.1) is 5.56 Å². The maximum absolute atomic E-state index is 12.7. The summed E-state index contributed by atoms with van der Waals surface area (Å²) in [7, 11) is 0. The number of hydrogen-bond acceptors (Lipinski definition) is 3. The summed E-state index contributed by atoms with van der Waals surface area (Å²) >= 11 is 0. The van der Waals surface area contributed by atoms with Crippen LogP contribution in [-0.4, -0.2) is 10.8 Å². The highest BCUT2D eigenvalue weighted by molar-refractivity contribution is 6.13. The smallest absolute Gasteiger partial charge is 0.272 e. The number of aromatic nitrogens is 1. The minimum absolute atomic E-state index is 0.000967. The average Bonchev–Trinajstić information content (AvgIpc) is 2.41. The van der Waals surface area contributed by atoms with Gasteiger partial charge in [-0.2, -0.15) is 0 Å². The van der Waals surface area contributed by atoms with E-state index in [0.717, 1.165) is 11.1 Å². The van der Waals surface area contributed by atoms with Crippen LogP contribution in [0.1, 0.15) is 39.7 Å². The summed E-state index contributed by atoms with van der Waals surface area (Å²) in [6.07, 6.45) is 0.639. The highest BCUT2D eigenvalue weighted by atomic mass is 16.1. The molecule has 1 aromatic carbocycles. The Kier molecular flexibility index (Phi) is 3.74. The van der Waals surface area contributed by atoms with Crippen molar-refractivity contribution < 1.29 is 4.79 Å². The number of nitrogen functional groups attached to an aromatic ring is 1. The van der Waals surface area contributed by atoms with Gasteiger partial charge >= 0.3 is 0 Å². The lowest BCUT2D eigenvalue weighted by atomic mass is 9.94. The van der Waals surface area contributed by atoms with Crippen LogP contribution in [0.15, 0.2) is 29.1 Å². The molecule has 0 bridgehead atoms. The van der Waals surface area contributed by atoms with Gasteiger partial charge in [-0.15, -0.1) is 0 Å². The Morgan fingerprint density at radius 2 is 2.00 bits per heavy atom. The lowest BCUT2D eigenvalue weighted by Crippen LogP contribution is -2.22. The fourth-order valence-corrected chi connectivity index (χ4v) is 2.41. The fourth-order valence-electron chi connectivity index (χ4n) is 2.41. The van der Waals surface area contributed by atoms with Crippen LogP contribution in [0.2, 0.25) is 0 Å². The van der Waals surface area contributed by atoms with Crippen LogP contribution in [0.25, 0.3) is 0 Å². The van der Waals surface area contributed by atoms with Crippen LogP contribution in [0.4, 0.5) is 5.69 Å². The molecule has 0 saturated heterocycles. The summed E-state index contributed by atoms with van der Waals surface area (Å²) in [4.78, 5) is 27.2. The van der Waals surface area contributed by atoms with Gasteiger partial charge in [-0.3, -0.25) is 9.59 Å². The minimum Gasteiger partial charge on any atom is -0.394 e. The number of rotatable bonds is 3. The molecular formula is C16H18N2O2. The minimum atomic E-state index is -0.407. The van der Waals surface area contributed by atoms with Crippen molar-refractivity contribution >= 4 is 11.5 Å². The highest BCUT2D eigenvalue weighted by Gasteiger charge is 2.20. The number of hydrogen-bond donors (Lipinski definition) is 2. The third-order valence-corrected chi connectivity index (χ3v) is 3.43. The van der Waals surface area contributed by atoms with Crippen molar-refractivity contribution in [1.82, 2.24) is 4.98 Å². The lowest BCUT2D eigenvalue weighted by molar-refractivity contribution is 0.103. The summed E-state index contributed by atoms with van der Waals surface area (Å²) in [5, 5.41) is 0. The van der Waals surface area contributed by atoms with Gasteiger partial charge in [0.25, 0.3) is 5.56 Å². The second-order valence-corrected chi connectivity index (χ2v) is 4.90. The molecule has 0 saturated carbocycles. The number of pyridine rings is 1. The molecule has 0 fully saturated rings. The van der Waals surface area contributed by atoms with E-state index in [9.17, 15) is 9.59 Å². The Morgan fingerprint density at radius 1 is 1.30 bits per heavy atom. The summed E-state index contributed by atoms with van der Waals surface area (Å²) in [5.41, 5.74) is 8.81. The molecule has 0 aliphatic heterocycles. The summed E-state index contributed by atoms with van der Waals surface area (Å²) in [5.74, 6) is -0.197. The van der Waals surface area contributed by atoms with Gasteiger partial charge in [-0.25, -0.2) is 0 Å². The topological polar surface area (TPSA) is 75.9 Å². The van der Waals surface area contributed by atoms with E-state index in [1.165, 1.54) is 0 Å². The zero-order chi connectivity index (χ0) is 14.9. The fraction of sp³-hybridized carbons (Fsp3) is 0.250. The van der Waals surface area contributed by atoms with E-state index in [0.29, 0.717) is 23.2 Å². The van der Waals surface area contributed by atoms with Crippen molar-refractivity contribution in [3.8, 4) is 0 Å². The number of ketones is 1. The van der Waals surface area contributed by atoms with Crippen molar-refractivity contribution in [2.45, 2.75) is 27.2 Å². The van der Waals surface area contributed by atoms with Gasteiger partial charge < -0.3 is 10.7 Å². The Labute approximate surface area is 117 Å². The zero-order valence-corrected chi connectivity index (χ0v) is 11.9. The second-order valence-electron chi connectivity index (χ2n) is 4.90. The molecule has 2 rings (SSSR count). The normalized spacial score (nSPS) is 10.6. The van der Waals surface area contributed by atoms with Gasteiger partial charge in [-0.05, 0) is 31.9 Å². The first kappa shape index (κ1) is 14.1. The van der Waals surface area contributed by atoms with Crippen molar-refractivity contribution in [3.05, 3.63) is 62.6 Å². The molecule has 2 aromatic rings. The van der Waals surface area contributed by atoms with E-state index in [-0.39, 0.29) is 11.5 Å². The highest BCUT2D eigenvalue weighted by Crippen LogP contribution is 2.21. The molecule has 0 amide bonds. The Balaban J connectivity index is 2.69. The van der Waals surface area contributed by atoms with E-state index >= 15 is 0 Å². The van der Waals surface area contributed by atoms with Crippen LogP contribution in [0, 0.1) is 13.8 Å². The molecular weight excluding hydrogens is 252 g/mol. The molecule has 104 valence electrons. The van der Waals surface area contributed by atoms with Crippen molar-refractivity contribution in [3.63, 3.8) is 0 Å². The number of carbonyl (C=O) groups is 1. The molecule has 4 nitrogen and oxygen atoms in total. The van der Waals surface area contributed by atoms with Crippen molar-refractivity contribution in [1.29, 1.82) is 0 Å². The van der Waals surface area contributed by atoms with Crippen LogP contribution in [0.3, 0.4) is 0 Å². The number of aryl methyl sites for hydroxylation is 2. The molecule has 4 heteroatoms. The van der Waals surface area contributed by atoms with E-state index in [1.807, 2.05) is 26.0 Å². The molecule has 20 heavy (non-hydrogen) atoms. The molecule has 0 spiro atoms. The van der Waals surface area contributed by atoms with Crippen LogP contribution in [-0.2, 0) is 6.42 Å². The van der Waals surface area contributed by atoms with Crippen LogP contribution in [0.5, 0.6) is 0 Å². The molecule has 0 radical (unpaired) electrons. The number of nitrogens with two attached hydrogens (primary N) is 1. The predicted octanol–water partition coefficient (Wildman–Crippen LogP) is 2.37. The average molecular weight is 270 g/mol.